The third kappa shape index (κ3) is 2.86. The molecule has 1 atom stereocenters. The van der Waals surface area contributed by atoms with Gasteiger partial charge in [0, 0.05) is 38.3 Å². The lowest BCUT2D eigenvalue weighted by Crippen LogP contribution is -2.46. The molecular weight excluding hydrogens is 298 g/mol. The molecule has 126 valence electrons. The van der Waals surface area contributed by atoms with Gasteiger partial charge in [0.2, 0.25) is 0 Å². The van der Waals surface area contributed by atoms with E-state index in [9.17, 15) is 4.79 Å². The number of carbonyl (C=O) groups excluding carboxylic acids is 1. The molecule has 2 aliphatic heterocycles. The van der Waals surface area contributed by atoms with E-state index in [4.69, 9.17) is 0 Å². The fourth-order valence-electron chi connectivity index (χ4n) is 4.10. The Morgan fingerprint density at radius 1 is 1.04 bits per heavy atom. The van der Waals surface area contributed by atoms with Crippen LogP contribution in [-0.4, -0.2) is 48.1 Å². The van der Waals surface area contributed by atoms with Gasteiger partial charge in [-0.25, -0.2) is 4.79 Å². The molecule has 4 heteroatoms. The zero-order chi connectivity index (χ0) is 16.5. The van der Waals surface area contributed by atoms with E-state index in [1.807, 2.05) is 4.90 Å². The fraction of sp³-hybridized carbons (Fsp3) is 0.450. The number of hydrogen-bond acceptors (Lipinski definition) is 2. The first kappa shape index (κ1) is 15.5. The van der Waals surface area contributed by atoms with Crippen LogP contribution in [0.2, 0.25) is 0 Å². The van der Waals surface area contributed by atoms with Gasteiger partial charge in [-0.15, -0.1) is 0 Å². The number of carbonyl (C=O) groups is 1. The quantitative estimate of drug-likeness (QED) is 0.940. The fourth-order valence-corrected chi connectivity index (χ4v) is 4.10. The molecule has 0 saturated carbocycles. The van der Waals surface area contributed by atoms with Crippen molar-refractivity contribution in [3.8, 4) is 0 Å². The minimum absolute atomic E-state index is 0.121. The summed E-state index contributed by atoms with van der Waals surface area (Å²) in [5.74, 6) is 0. The van der Waals surface area contributed by atoms with Crippen LogP contribution in [0.25, 0.3) is 10.8 Å². The predicted molar refractivity (Wildman–Crippen MR) is 97.1 cm³/mol. The average molecular weight is 323 g/mol. The van der Waals surface area contributed by atoms with Crippen LogP contribution in [0.5, 0.6) is 0 Å². The second-order valence-electron chi connectivity index (χ2n) is 6.98. The van der Waals surface area contributed by atoms with Crippen LogP contribution >= 0.6 is 0 Å². The Morgan fingerprint density at radius 3 is 2.50 bits per heavy atom. The second kappa shape index (κ2) is 6.44. The Labute approximate surface area is 143 Å². The molecule has 2 aromatic carbocycles. The van der Waals surface area contributed by atoms with Crippen molar-refractivity contribution in [1.29, 1.82) is 0 Å². The summed E-state index contributed by atoms with van der Waals surface area (Å²) in [5.41, 5.74) is 1.38. The number of rotatable bonds is 3. The molecule has 0 aromatic heterocycles. The number of benzene rings is 2. The molecule has 2 aromatic rings. The van der Waals surface area contributed by atoms with E-state index in [1.165, 1.54) is 16.3 Å². The number of urea groups is 1. The third-order valence-corrected chi connectivity index (χ3v) is 5.63. The van der Waals surface area contributed by atoms with E-state index < -0.39 is 0 Å². The second-order valence-corrected chi connectivity index (χ2v) is 6.98. The van der Waals surface area contributed by atoms with Crippen LogP contribution in [-0.2, 0) is 0 Å². The standard InChI is InChI=1S/C20H25N3O/c1-15(17-7-6-16-4-2-3-5-18(16)14-17)22-11-8-19(9-12-22)23-13-10-21-20(23)24/h2-7,14-15,19H,8-13H2,1H3,(H,21,24). The van der Waals surface area contributed by atoms with Gasteiger partial charge in [0.05, 0.1) is 0 Å². The molecule has 0 bridgehead atoms. The molecule has 2 amide bonds. The Morgan fingerprint density at radius 2 is 1.79 bits per heavy atom. The van der Waals surface area contributed by atoms with Crippen LogP contribution in [0, 0.1) is 0 Å². The molecule has 4 nitrogen and oxygen atoms in total. The number of piperidine rings is 1. The molecule has 2 fully saturated rings. The average Bonchev–Trinajstić information content (AvgIpc) is 3.07. The highest BCUT2D eigenvalue weighted by Crippen LogP contribution is 2.28. The Balaban J connectivity index is 1.43. The number of fused-ring (bicyclic) bond motifs is 1. The molecule has 2 heterocycles. The van der Waals surface area contributed by atoms with Gasteiger partial charge >= 0.3 is 6.03 Å². The van der Waals surface area contributed by atoms with Gasteiger partial charge in [-0.3, -0.25) is 4.90 Å². The van der Waals surface area contributed by atoms with Crippen LogP contribution in [0.1, 0.15) is 31.4 Å². The molecule has 0 radical (unpaired) electrons. The van der Waals surface area contributed by atoms with Crippen molar-refractivity contribution in [2.45, 2.75) is 31.8 Å². The van der Waals surface area contributed by atoms with E-state index in [1.54, 1.807) is 0 Å². The molecule has 4 rings (SSSR count). The summed E-state index contributed by atoms with van der Waals surface area (Å²) in [6.45, 7) is 6.08. The highest BCUT2D eigenvalue weighted by Gasteiger charge is 2.31. The summed E-state index contributed by atoms with van der Waals surface area (Å²) in [6, 6.07) is 16.3. The minimum atomic E-state index is 0.121. The monoisotopic (exact) mass is 323 g/mol. The molecular formula is C20H25N3O. The lowest BCUT2D eigenvalue weighted by atomic mass is 9.97. The summed E-state index contributed by atoms with van der Waals surface area (Å²) in [5, 5.41) is 5.53. The molecule has 2 saturated heterocycles. The third-order valence-electron chi connectivity index (χ3n) is 5.63. The van der Waals surface area contributed by atoms with Gasteiger partial charge < -0.3 is 10.2 Å². The smallest absolute Gasteiger partial charge is 0.317 e. The molecule has 0 aliphatic carbocycles. The Kier molecular flexibility index (Phi) is 4.15. The Hall–Kier alpha value is -2.07. The van der Waals surface area contributed by atoms with Crippen LogP contribution in [0.4, 0.5) is 4.79 Å². The van der Waals surface area contributed by atoms with Crippen molar-refractivity contribution in [2.75, 3.05) is 26.2 Å². The number of nitrogens with zero attached hydrogens (tertiary/aromatic N) is 2. The van der Waals surface area contributed by atoms with Gasteiger partial charge in [-0.05, 0) is 42.2 Å². The topological polar surface area (TPSA) is 35.6 Å². The van der Waals surface area contributed by atoms with Gasteiger partial charge in [0.1, 0.15) is 0 Å². The van der Waals surface area contributed by atoms with E-state index in [0.717, 1.165) is 39.0 Å². The lowest BCUT2D eigenvalue weighted by molar-refractivity contribution is 0.112. The first-order valence-electron chi connectivity index (χ1n) is 8.99. The maximum Gasteiger partial charge on any atom is 0.317 e. The summed E-state index contributed by atoms with van der Waals surface area (Å²) in [4.78, 5) is 16.4. The van der Waals surface area contributed by atoms with Crippen molar-refractivity contribution < 1.29 is 4.79 Å². The van der Waals surface area contributed by atoms with Gasteiger partial charge in [0.25, 0.3) is 0 Å². The number of amides is 2. The predicted octanol–water partition coefficient (Wildman–Crippen LogP) is 3.39. The van der Waals surface area contributed by atoms with Crippen molar-refractivity contribution in [3.05, 3.63) is 48.0 Å². The lowest BCUT2D eigenvalue weighted by Gasteiger charge is -2.39. The largest absolute Gasteiger partial charge is 0.336 e. The summed E-state index contributed by atoms with van der Waals surface area (Å²) < 4.78 is 0. The van der Waals surface area contributed by atoms with Crippen molar-refractivity contribution >= 4 is 16.8 Å². The maximum absolute atomic E-state index is 11.8. The van der Waals surface area contributed by atoms with Gasteiger partial charge in [-0.1, -0.05) is 36.4 Å². The first-order valence-corrected chi connectivity index (χ1v) is 8.99. The van der Waals surface area contributed by atoms with Gasteiger partial charge in [0.15, 0.2) is 0 Å². The Bertz CT molecular complexity index is 736. The minimum Gasteiger partial charge on any atom is -0.336 e. The van der Waals surface area contributed by atoms with Crippen LogP contribution < -0.4 is 5.32 Å². The van der Waals surface area contributed by atoms with E-state index in [0.29, 0.717) is 12.1 Å². The zero-order valence-electron chi connectivity index (χ0n) is 14.2. The van der Waals surface area contributed by atoms with Crippen molar-refractivity contribution in [2.24, 2.45) is 0 Å². The molecule has 1 unspecified atom stereocenters. The highest BCUT2D eigenvalue weighted by molar-refractivity contribution is 5.83. The van der Waals surface area contributed by atoms with Crippen LogP contribution in [0.3, 0.4) is 0 Å². The molecule has 0 spiro atoms. The summed E-state index contributed by atoms with van der Waals surface area (Å²) in [6.07, 6.45) is 2.15. The summed E-state index contributed by atoms with van der Waals surface area (Å²) >= 11 is 0. The number of hydrogen-bond donors (Lipinski definition) is 1. The first-order chi connectivity index (χ1) is 11.7. The highest BCUT2D eigenvalue weighted by atomic mass is 16.2. The zero-order valence-corrected chi connectivity index (χ0v) is 14.2. The van der Waals surface area contributed by atoms with Crippen molar-refractivity contribution in [1.82, 2.24) is 15.1 Å². The van der Waals surface area contributed by atoms with E-state index >= 15 is 0 Å². The van der Waals surface area contributed by atoms with E-state index in [2.05, 4.69) is 59.6 Å². The normalized spacial score (nSPS) is 21.2. The summed E-state index contributed by atoms with van der Waals surface area (Å²) in [7, 11) is 0. The molecule has 2 aliphatic rings. The van der Waals surface area contributed by atoms with Gasteiger partial charge in [-0.2, -0.15) is 0 Å². The molecule has 1 N–H and O–H groups in total. The maximum atomic E-state index is 11.8. The molecule has 24 heavy (non-hydrogen) atoms. The van der Waals surface area contributed by atoms with Crippen molar-refractivity contribution in [3.63, 3.8) is 0 Å². The number of likely N-dealkylation sites (tertiary alicyclic amines) is 1. The van der Waals surface area contributed by atoms with E-state index in [-0.39, 0.29) is 6.03 Å². The number of nitrogens with one attached hydrogen (secondary N) is 1. The SMILES string of the molecule is CC(c1ccc2ccccc2c1)N1CCC(N2CCNC2=O)CC1. The van der Waals surface area contributed by atoms with Crippen LogP contribution in [0.15, 0.2) is 42.5 Å².